The van der Waals surface area contributed by atoms with Gasteiger partial charge < -0.3 is 5.73 Å². The standard InChI is InChI=1S/C11H12N2S.C2H6.CH3F/c1-8-11(14-7-13-8)10-4-2-9(6-12)3-5-10;2*1-2/h2-5,7H,6,12H2,1H3;1-2H3;1H3. The second-order valence-corrected chi connectivity index (χ2v) is 4.02. The molecule has 0 fully saturated rings. The number of hydrogen-bond donors (Lipinski definition) is 1. The van der Waals surface area contributed by atoms with Gasteiger partial charge in [-0.3, -0.25) is 4.39 Å². The van der Waals surface area contributed by atoms with Gasteiger partial charge in [0.1, 0.15) is 0 Å². The first kappa shape index (κ1) is 16.7. The van der Waals surface area contributed by atoms with Crippen molar-refractivity contribution in [2.45, 2.75) is 27.3 Å². The summed E-state index contributed by atoms with van der Waals surface area (Å²) in [4.78, 5) is 5.47. The molecule has 0 aliphatic heterocycles. The summed E-state index contributed by atoms with van der Waals surface area (Å²) in [5.74, 6) is 0. The highest BCUT2D eigenvalue weighted by Crippen LogP contribution is 2.26. The molecular weight excluding hydrogens is 247 g/mol. The normalized spacial score (nSPS) is 8.78. The smallest absolute Gasteiger partial charge is 0.0801 e. The summed E-state index contributed by atoms with van der Waals surface area (Å²) in [6.07, 6.45) is 0. The van der Waals surface area contributed by atoms with E-state index in [1.54, 1.807) is 11.3 Å². The van der Waals surface area contributed by atoms with E-state index in [1.165, 1.54) is 10.4 Å². The quantitative estimate of drug-likeness (QED) is 0.887. The fourth-order valence-electron chi connectivity index (χ4n) is 1.37. The SMILES string of the molecule is CC.CF.Cc1ncsc1-c1ccc(CN)cc1. The number of hydrogen-bond acceptors (Lipinski definition) is 3. The summed E-state index contributed by atoms with van der Waals surface area (Å²) in [6, 6.07) is 8.33. The van der Waals surface area contributed by atoms with Crippen LogP contribution in [0.15, 0.2) is 29.8 Å². The lowest BCUT2D eigenvalue weighted by molar-refractivity contribution is 0.636. The van der Waals surface area contributed by atoms with Crippen LogP contribution < -0.4 is 5.73 Å². The molecule has 1 aromatic carbocycles. The Morgan fingerprint density at radius 2 is 1.72 bits per heavy atom. The zero-order chi connectivity index (χ0) is 14.0. The highest BCUT2D eigenvalue weighted by Gasteiger charge is 2.03. The Kier molecular flexibility index (Phi) is 9.06. The average molecular weight is 268 g/mol. The van der Waals surface area contributed by atoms with Gasteiger partial charge in [0.05, 0.1) is 23.3 Å². The molecule has 0 saturated carbocycles. The molecule has 2 aromatic rings. The molecule has 100 valence electrons. The molecular formula is C14H21FN2S. The fourth-order valence-corrected chi connectivity index (χ4v) is 2.18. The van der Waals surface area contributed by atoms with Gasteiger partial charge in [-0.15, -0.1) is 11.3 Å². The maximum absolute atomic E-state index is 9.50. The Balaban J connectivity index is 0.000000659. The molecule has 1 heterocycles. The summed E-state index contributed by atoms with van der Waals surface area (Å²) >= 11 is 1.67. The van der Waals surface area contributed by atoms with Crippen molar-refractivity contribution in [2.75, 3.05) is 7.18 Å². The molecule has 1 aromatic heterocycles. The lowest BCUT2D eigenvalue weighted by Crippen LogP contribution is -1.95. The monoisotopic (exact) mass is 268 g/mol. The van der Waals surface area contributed by atoms with E-state index >= 15 is 0 Å². The number of aryl methyl sites for hydroxylation is 1. The number of nitrogens with zero attached hydrogens (tertiary/aromatic N) is 1. The van der Waals surface area contributed by atoms with Crippen LogP contribution in [0.25, 0.3) is 10.4 Å². The van der Waals surface area contributed by atoms with E-state index in [0.29, 0.717) is 13.7 Å². The summed E-state index contributed by atoms with van der Waals surface area (Å²) in [6.45, 7) is 6.63. The zero-order valence-electron chi connectivity index (χ0n) is 11.4. The maximum Gasteiger partial charge on any atom is 0.0801 e. The largest absolute Gasteiger partial charge is 0.326 e. The van der Waals surface area contributed by atoms with E-state index in [-0.39, 0.29) is 0 Å². The molecule has 0 spiro atoms. The fraction of sp³-hybridized carbons (Fsp3) is 0.357. The maximum atomic E-state index is 9.50. The Labute approximate surface area is 113 Å². The van der Waals surface area contributed by atoms with Crippen molar-refractivity contribution in [3.8, 4) is 10.4 Å². The molecule has 2 nitrogen and oxygen atoms in total. The van der Waals surface area contributed by atoms with Gasteiger partial charge in [0.2, 0.25) is 0 Å². The minimum Gasteiger partial charge on any atom is -0.326 e. The second-order valence-electron chi connectivity index (χ2n) is 3.17. The molecule has 0 bridgehead atoms. The summed E-state index contributed by atoms with van der Waals surface area (Å²) in [7, 11) is 0.500. The van der Waals surface area contributed by atoms with Crippen LogP contribution in [0, 0.1) is 6.92 Å². The zero-order valence-corrected chi connectivity index (χ0v) is 12.2. The lowest BCUT2D eigenvalue weighted by atomic mass is 10.1. The van der Waals surface area contributed by atoms with Crippen molar-refractivity contribution in [3.05, 3.63) is 41.0 Å². The van der Waals surface area contributed by atoms with Crippen LogP contribution in [0.1, 0.15) is 25.1 Å². The molecule has 0 saturated heterocycles. The highest BCUT2D eigenvalue weighted by molar-refractivity contribution is 7.13. The van der Waals surface area contributed by atoms with Crippen LogP contribution >= 0.6 is 11.3 Å². The first-order valence-corrected chi connectivity index (χ1v) is 6.76. The first-order chi connectivity index (χ1) is 8.81. The Morgan fingerprint density at radius 1 is 1.17 bits per heavy atom. The van der Waals surface area contributed by atoms with Gasteiger partial charge in [-0.25, -0.2) is 4.98 Å². The number of rotatable bonds is 2. The van der Waals surface area contributed by atoms with Gasteiger partial charge in [-0.1, -0.05) is 38.1 Å². The number of aromatic nitrogens is 1. The molecule has 18 heavy (non-hydrogen) atoms. The van der Waals surface area contributed by atoms with Crippen molar-refractivity contribution in [2.24, 2.45) is 5.73 Å². The summed E-state index contributed by atoms with van der Waals surface area (Å²) in [5, 5.41) is 0. The predicted molar refractivity (Wildman–Crippen MR) is 78.6 cm³/mol. The lowest BCUT2D eigenvalue weighted by Gasteiger charge is -2.00. The van der Waals surface area contributed by atoms with E-state index < -0.39 is 0 Å². The highest BCUT2D eigenvalue weighted by atomic mass is 32.1. The molecule has 4 heteroatoms. The third-order valence-electron chi connectivity index (χ3n) is 2.20. The molecule has 2 N–H and O–H groups in total. The van der Waals surface area contributed by atoms with E-state index in [2.05, 4.69) is 29.2 Å². The predicted octanol–water partition coefficient (Wildman–Crippen LogP) is 4.19. The molecule has 0 amide bonds. The molecule has 0 atom stereocenters. The summed E-state index contributed by atoms with van der Waals surface area (Å²) in [5.41, 5.74) is 10.9. The van der Waals surface area contributed by atoms with Crippen LogP contribution in [-0.4, -0.2) is 12.2 Å². The molecule has 2 rings (SSSR count). The van der Waals surface area contributed by atoms with E-state index in [1.807, 2.05) is 26.3 Å². The van der Waals surface area contributed by atoms with E-state index in [4.69, 9.17) is 5.73 Å². The van der Waals surface area contributed by atoms with Crippen LogP contribution in [0.5, 0.6) is 0 Å². The Hall–Kier alpha value is -1.26. The Morgan fingerprint density at radius 3 is 2.11 bits per heavy atom. The third-order valence-corrected chi connectivity index (χ3v) is 3.17. The van der Waals surface area contributed by atoms with Gasteiger partial charge in [0.15, 0.2) is 0 Å². The minimum atomic E-state index is 0.500. The van der Waals surface area contributed by atoms with E-state index in [0.717, 1.165) is 11.3 Å². The minimum absolute atomic E-state index is 0.500. The number of alkyl halides is 1. The van der Waals surface area contributed by atoms with Crippen LogP contribution in [0.3, 0.4) is 0 Å². The summed E-state index contributed by atoms with van der Waals surface area (Å²) < 4.78 is 9.50. The molecule has 0 aliphatic rings. The van der Waals surface area contributed by atoms with Crippen molar-refractivity contribution < 1.29 is 4.39 Å². The number of halogens is 1. The van der Waals surface area contributed by atoms with E-state index in [9.17, 15) is 4.39 Å². The number of benzene rings is 1. The number of nitrogens with two attached hydrogens (primary N) is 1. The van der Waals surface area contributed by atoms with Gasteiger partial charge in [-0.05, 0) is 18.1 Å². The van der Waals surface area contributed by atoms with Crippen molar-refractivity contribution in [1.29, 1.82) is 0 Å². The van der Waals surface area contributed by atoms with Gasteiger partial charge in [0, 0.05) is 6.54 Å². The second kappa shape index (κ2) is 9.74. The Bertz CT molecular complexity index is 424. The van der Waals surface area contributed by atoms with Crippen molar-refractivity contribution in [1.82, 2.24) is 4.98 Å². The molecule has 0 aliphatic carbocycles. The van der Waals surface area contributed by atoms with Crippen LogP contribution in [0.4, 0.5) is 4.39 Å². The van der Waals surface area contributed by atoms with Gasteiger partial charge >= 0.3 is 0 Å². The topological polar surface area (TPSA) is 38.9 Å². The average Bonchev–Trinajstić information content (AvgIpc) is 2.89. The van der Waals surface area contributed by atoms with Gasteiger partial charge in [0.25, 0.3) is 0 Å². The van der Waals surface area contributed by atoms with Crippen molar-refractivity contribution >= 4 is 11.3 Å². The van der Waals surface area contributed by atoms with Gasteiger partial charge in [-0.2, -0.15) is 0 Å². The number of thiazole rings is 1. The molecule has 0 radical (unpaired) electrons. The molecule has 0 unspecified atom stereocenters. The van der Waals surface area contributed by atoms with Crippen LogP contribution in [-0.2, 0) is 6.54 Å². The third kappa shape index (κ3) is 4.55. The van der Waals surface area contributed by atoms with Crippen LogP contribution in [0.2, 0.25) is 0 Å². The van der Waals surface area contributed by atoms with Crippen molar-refractivity contribution in [3.63, 3.8) is 0 Å². The first-order valence-electron chi connectivity index (χ1n) is 5.88.